The summed E-state index contributed by atoms with van der Waals surface area (Å²) >= 11 is 3.32. The van der Waals surface area contributed by atoms with Crippen molar-refractivity contribution < 1.29 is 9.50 Å². The maximum absolute atomic E-state index is 13.6. The zero-order valence-corrected chi connectivity index (χ0v) is 11.9. The molecule has 4 heteroatoms. The van der Waals surface area contributed by atoms with Crippen LogP contribution in [0.4, 0.5) is 4.39 Å². The standard InChI is InChI=1S/C15H15BrFNO/c16-13-6-7-14(17)12(8-13)9-18-15(10-19)11-4-2-1-3-5-11/h1-8,15,18-19H,9-10H2. The molecule has 0 saturated heterocycles. The number of nitrogens with one attached hydrogen (secondary N) is 1. The first-order valence-corrected chi connectivity index (χ1v) is 6.83. The fourth-order valence-electron chi connectivity index (χ4n) is 1.89. The molecule has 2 aromatic rings. The van der Waals surface area contributed by atoms with Gasteiger partial charge in [-0.25, -0.2) is 4.39 Å². The SMILES string of the molecule is OCC(NCc1cc(Br)ccc1F)c1ccccc1. The molecule has 2 N–H and O–H groups in total. The van der Waals surface area contributed by atoms with Crippen molar-refractivity contribution in [2.24, 2.45) is 0 Å². The van der Waals surface area contributed by atoms with Crippen molar-refractivity contribution in [2.75, 3.05) is 6.61 Å². The third-order valence-electron chi connectivity index (χ3n) is 2.93. The van der Waals surface area contributed by atoms with E-state index in [2.05, 4.69) is 21.2 Å². The normalized spacial score (nSPS) is 12.4. The lowest BCUT2D eigenvalue weighted by molar-refractivity contribution is 0.243. The van der Waals surface area contributed by atoms with E-state index in [-0.39, 0.29) is 18.5 Å². The second kappa shape index (κ2) is 6.80. The highest BCUT2D eigenvalue weighted by molar-refractivity contribution is 9.10. The van der Waals surface area contributed by atoms with Gasteiger partial charge >= 0.3 is 0 Å². The Hall–Kier alpha value is -1.23. The molecule has 19 heavy (non-hydrogen) atoms. The van der Waals surface area contributed by atoms with E-state index in [4.69, 9.17) is 0 Å². The summed E-state index contributed by atoms with van der Waals surface area (Å²) in [6, 6.07) is 14.3. The maximum atomic E-state index is 13.6. The maximum Gasteiger partial charge on any atom is 0.127 e. The second-order valence-electron chi connectivity index (χ2n) is 4.26. The van der Waals surface area contributed by atoms with Crippen LogP contribution in [-0.4, -0.2) is 11.7 Å². The van der Waals surface area contributed by atoms with Crippen molar-refractivity contribution in [1.29, 1.82) is 0 Å². The Labute approximate surface area is 120 Å². The second-order valence-corrected chi connectivity index (χ2v) is 5.18. The van der Waals surface area contributed by atoms with Gasteiger partial charge in [-0.15, -0.1) is 0 Å². The summed E-state index contributed by atoms with van der Waals surface area (Å²) in [6.07, 6.45) is 0. The van der Waals surface area contributed by atoms with E-state index < -0.39 is 0 Å². The van der Waals surface area contributed by atoms with Gasteiger partial charge in [-0.05, 0) is 23.8 Å². The lowest BCUT2D eigenvalue weighted by Crippen LogP contribution is -2.24. The van der Waals surface area contributed by atoms with E-state index in [1.165, 1.54) is 6.07 Å². The predicted molar refractivity (Wildman–Crippen MR) is 77.2 cm³/mol. The topological polar surface area (TPSA) is 32.3 Å². The van der Waals surface area contributed by atoms with Gasteiger partial charge in [-0.1, -0.05) is 46.3 Å². The molecular weight excluding hydrogens is 309 g/mol. The molecule has 0 aliphatic heterocycles. The number of hydrogen-bond acceptors (Lipinski definition) is 2. The lowest BCUT2D eigenvalue weighted by atomic mass is 10.1. The van der Waals surface area contributed by atoms with Crippen molar-refractivity contribution in [2.45, 2.75) is 12.6 Å². The average Bonchev–Trinajstić information content (AvgIpc) is 2.44. The van der Waals surface area contributed by atoms with Crippen molar-refractivity contribution in [3.63, 3.8) is 0 Å². The van der Waals surface area contributed by atoms with Crippen LogP contribution in [-0.2, 0) is 6.54 Å². The Morgan fingerprint density at radius 3 is 2.58 bits per heavy atom. The van der Waals surface area contributed by atoms with Crippen LogP contribution in [0.5, 0.6) is 0 Å². The smallest absolute Gasteiger partial charge is 0.127 e. The number of aliphatic hydroxyl groups excluding tert-OH is 1. The van der Waals surface area contributed by atoms with E-state index in [1.54, 1.807) is 12.1 Å². The third-order valence-corrected chi connectivity index (χ3v) is 3.42. The Morgan fingerprint density at radius 2 is 1.89 bits per heavy atom. The molecule has 0 bridgehead atoms. The fraction of sp³-hybridized carbons (Fsp3) is 0.200. The minimum Gasteiger partial charge on any atom is -0.394 e. The van der Waals surface area contributed by atoms with Gasteiger partial charge < -0.3 is 10.4 Å². The Morgan fingerprint density at radius 1 is 1.16 bits per heavy atom. The molecule has 1 unspecified atom stereocenters. The molecule has 2 nitrogen and oxygen atoms in total. The van der Waals surface area contributed by atoms with Crippen LogP contribution in [0.25, 0.3) is 0 Å². The summed E-state index contributed by atoms with van der Waals surface area (Å²) in [4.78, 5) is 0. The van der Waals surface area contributed by atoms with Gasteiger partial charge in [-0.3, -0.25) is 0 Å². The number of halogens is 2. The number of hydrogen-bond donors (Lipinski definition) is 2. The van der Waals surface area contributed by atoms with Crippen LogP contribution >= 0.6 is 15.9 Å². The molecule has 0 aliphatic carbocycles. The van der Waals surface area contributed by atoms with Crippen LogP contribution in [0.1, 0.15) is 17.2 Å². The van der Waals surface area contributed by atoms with Gasteiger partial charge in [-0.2, -0.15) is 0 Å². The first kappa shape index (κ1) is 14.2. The molecule has 0 heterocycles. The molecule has 2 rings (SSSR count). The predicted octanol–water partition coefficient (Wildman–Crippen LogP) is 3.41. The average molecular weight is 324 g/mol. The van der Waals surface area contributed by atoms with Crippen molar-refractivity contribution in [1.82, 2.24) is 5.32 Å². The van der Waals surface area contributed by atoms with Gasteiger partial charge in [0.05, 0.1) is 12.6 Å². The number of benzene rings is 2. The van der Waals surface area contributed by atoms with Crippen molar-refractivity contribution >= 4 is 15.9 Å². The van der Waals surface area contributed by atoms with E-state index >= 15 is 0 Å². The quantitative estimate of drug-likeness (QED) is 0.883. The molecular formula is C15H15BrFNO. The largest absolute Gasteiger partial charge is 0.394 e. The molecule has 0 aromatic heterocycles. The van der Waals surface area contributed by atoms with Gasteiger partial charge in [0.1, 0.15) is 5.82 Å². The molecule has 0 aliphatic rings. The highest BCUT2D eigenvalue weighted by Crippen LogP contribution is 2.17. The van der Waals surface area contributed by atoms with Crippen molar-refractivity contribution in [3.05, 3.63) is 69.9 Å². The van der Waals surface area contributed by atoms with Crippen LogP contribution in [0, 0.1) is 5.82 Å². The summed E-state index contributed by atoms with van der Waals surface area (Å²) in [6.45, 7) is 0.338. The zero-order chi connectivity index (χ0) is 13.7. The zero-order valence-electron chi connectivity index (χ0n) is 10.3. The molecule has 0 fully saturated rings. The monoisotopic (exact) mass is 323 g/mol. The summed E-state index contributed by atoms with van der Waals surface area (Å²) < 4.78 is 14.4. The van der Waals surface area contributed by atoms with Gasteiger partial charge in [0.25, 0.3) is 0 Å². The van der Waals surface area contributed by atoms with E-state index in [9.17, 15) is 9.50 Å². The molecule has 0 saturated carbocycles. The van der Waals surface area contributed by atoms with Gasteiger partial charge in [0, 0.05) is 16.6 Å². The van der Waals surface area contributed by atoms with Crippen LogP contribution in [0.2, 0.25) is 0 Å². The summed E-state index contributed by atoms with van der Waals surface area (Å²) in [5.74, 6) is -0.250. The van der Waals surface area contributed by atoms with E-state index in [0.29, 0.717) is 12.1 Å². The minimum absolute atomic E-state index is 0.0281. The minimum atomic E-state index is -0.250. The summed E-state index contributed by atoms with van der Waals surface area (Å²) in [5.41, 5.74) is 1.56. The number of aliphatic hydroxyl groups is 1. The summed E-state index contributed by atoms with van der Waals surface area (Å²) in [7, 11) is 0. The Balaban J connectivity index is 2.06. The first-order chi connectivity index (χ1) is 9.20. The number of rotatable bonds is 5. The van der Waals surface area contributed by atoms with Gasteiger partial charge in [0.2, 0.25) is 0 Å². The Kier molecular flexibility index (Phi) is 5.07. The molecule has 0 radical (unpaired) electrons. The highest BCUT2D eigenvalue weighted by Gasteiger charge is 2.10. The summed E-state index contributed by atoms with van der Waals surface area (Å²) in [5, 5.41) is 12.6. The van der Waals surface area contributed by atoms with E-state index in [1.807, 2.05) is 30.3 Å². The van der Waals surface area contributed by atoms with Crippen LogP contribution < -0.4 is 5.32 Å². The van der Waals surface area contributed by atoms with E-state index in [0.717, 1.165) is 10.0 Å². The Bertz CT molecular complexity index is 533. The molecule has 100 valence electrons. The molecule has 0 spiro atoms. The lowest BCUT2D eigenvalue weighted by Gasteiger charge is -2.17. The van der Waals surface area contributed by atoms with Crippen LogP contribution in [0.15, 0.2) is 53.0 Å². The first-order valence-electron chi connectivity index (χ1n) is 6.04. The van der Waals surface area contributed by atoms with Gasteiger partial charge in [0.15, 0.2) is 0 Å². The van der Waals surface area contributed by atoms with Crippen molar-refractivity contribution in [3.8, 4) is 0 Å². The fourth-order valence-corrected chi connectivity index (χ4v) is 2.29. The molecule has 1 atom stereocenters. The third kappa shape index (κ3) is 3.86. The molecule has 0 amide bonds. The van der Waals surface area contributed by atoms with Crippen LogP contribution in [0.3, 0.4) is 0 Å². The molecule has 2 aromatic carbocycles. The highest BCUT2D eigenvalue weighted by atomic mass is 79.9.